The number of anilines is 2. The standard InChI is InChI=1S/C24H21F2N3O3/c1-13-12-24(2,3)28(4)20-11-18(26)14(9-15(13)20)10-16-21(30)27-23(32)29(22(16)31)19-8-6-5-7-17(19)25/h5-12H,1-4H3,(H,27,30,32)/b16-10-. The van der Waals surface area contributed by atoms with Crippen molar-refractivity contribution < 1.29 is 23.2 Å². The fraction of sp³-hybridized carbons (Fsp3) is 0.208. The zero-order chi connectivity index (χ0) is 23.4. The van der Waals surface area contributed by atoms with Gasteiger partial charge in [-0.15, -0.1) is 0 Å². The van der Waals surface area contributed by atoms with Crippen LogP contribution in [0.1, 0.15) is 31.9 Å². The number of amides is 4. The number of carbonyl (C=O) groups excluding carboxylic acids is 3. The van der Waals surface area contributed by atoms with E-state index in [0.29, 0.717) is 10.6 Å². The fourth-order valence-corrected chi connectivity index (χ4v) is 3.96. The molecular weight excluding hydrogens is 416 g/mol. The lowest BCUT2D eigenvalue weighted by atomic mass is 9.88. The lowest BCUT2D eigenvalue weighted by Crippen LogP contribution is -2.54. The second-order valence-corrected chi connectivity index (χ2v) is 8.34. The number of halogens is 2. The van der Waals surface area contributed by atoms with Crippen LogP contribution in [0.15, 0.2) is 48.0 Å². The van der Waals surface area contributed by atoms with Gasteiger partial charge >= 0.3 is 6.03 Å². The first-order valence-electron chi connectivity index (χ1n) is 9.94. The average Bonchev–Trinajstić information content (AvgIpc) is 2.71. The van der Waals surface area contributed by atoms with Crippen molar-refractivity contribution in [1.82, 2.24) is 5.32 Å². The molecule has 6 nitrogen and oxygen atoms in total. The van der Waals surface area contributed by atoms with Crippen LogP contribution in [0.4, 0.5) is 25.0 Å². The minimum absolute atomic E-state index is 0.00550. The van der Waals surface area contributed by atoms with Crippen LogP contribution >= 0.6 is 0 Å². The molecule has 0 spiro atoms. The monoisotopic (exact) mass is 437 g/mol. The number of nitrogens with one attached hydrogen (secondary N) is 1. The Kier molecular flexibility index (Phi) is 4.96. The number of fused-ring (bicyclic) bond motifs is 1. The van der Waals surface area contributed by atoms with Crippen molar-refractivity contribution in [2.75, 3.05) is 16.8 Å². The zero-order valence-electron chi connectivity index (χ0n) is 18.0. The summed E-state index contributed by atoms with van der Waals surface area (Å²) in [4.78, 5) is 40.1. The summed E-state index contributed by atoms with van der Waals surface area (Å²) in [5.74, 6) is -3.46. The van der Waals surface area contributed by atoms with E-state index in [1.54, 1.807) is 6.07 Å². The average molecular weight is 437 g/mol. The number of allylic oxidation sites excluding steroid dienone is 1. The number of nitrogens with zero attached hydrogens (tertiary/aromatic N) is 2. The number of hydrogen-bond donors (Lipinski definition) is 1. The van der Waals surface area contributed by atoms with Crippen LogP contribution in [-0.4, -0.2) is 30.4 Å². The van der Waals surface area contributed by atoms with Crippen molar-refractivity contribution in [2.45, 2.75) is 26.3 Å². The van der Waals surface area contributed by atoms with E-state index in [2.05, 4.69) is 0 Å². The van der Waals surface area contributed by atoms with Gasteiger partial charge in [-0.2, -0.15) is 0 Å². The third-order valence-electron chi connectivity index (χ3n) is 5.83. The molecule has 2 aliphatic rings. The summed E-state index contributed by atoms with van der Waals surface area (Å²) in [6, 6.07) is 7.02. The van der Waals surface area contributed by atoms with Crippen LogP contribution in [0.5, 0.6) is 0 Å². The molecular formula is C24H21F2N3O3. The quantitative estimate of drug-likeness (QED) is 0.563. The molecule has 2 heterocycles. The molecule has 0 atom stereocenters. The highest BCUT2D eigenvalue weighted by Gasteiger charge is 2.38. The highest BCUT2D eigenvalue weighted by molar-refractivity contribution is 6.39. The van der Waals surface area contributed by atoms with E-state index < -0.39 is 35.1 Å². The minimum Gasteiger partial charge on any atom is -0.365 e. The van der Waals surface area contributed by atoms with Crippen molar-refractivity contribution in [2.24, 2.45) is 0 Å². The number of rotatable bonds is 2. The number of urea groups is 1. The number of likely N-dealkylation sites (N-methyl/N-ethyl adjacent to an activating group) is 1. The second kappa shape index (κ2) is 7.40. The molecule has 0 saturated carbocycles. The molecule has 2 aromatic carbocycles. The van der Waals surface area contributed by atoms with Gasteiger partial charge in [-0.05, 0) is 56.7 Å². The highest BCUT2D eigenvalue weighted by atomic mass is 19.1. The SMILES string of the molecule is CC1=CC(C)(C)N(C)c2cc(F)c(/C=C3/C(=O)NC(=O)N(c4ccccc4F)C3=O)cc21. The van der Waals surface area contributed by atoms with Crippen LogP contribution in [0.2, 0.25) is 0 Å². The predicted octanol–water partition coefficient (Wildman–Crippen LogP) is 4.26. The normalized spacial score (nSPS) is 19.1. The summed E-state index contributed by atoms with van der Waals surface area (Å²) in [5.41, 5.74) is 1.27. The molecule has 0 bridgehead atoms. The summed E-state index contributed by atoms with van der Waals surface area (Å²) in [6.07, 6.45) is 3.13. The molecule has 8 heteroatoms. The molecule has 0 radical (unpaired) electrons. The fourth-order valence-electron chi connectivity index (χ4n) is 3.96. The van der Waals surface area contributed by atoms with Crippen LogP contribution in [0, 0.1) is 11.6 Å². The van der Waals surface area contributed by atoms with Gasteiger partial charge in [0.25, 0.3) is 11.8 Å². The maximum absolute atomic E-state index is 15.0. The highest BCUT2D eigenvalue weighted by Crippen LogP contribution is 2.39. The molecule has 4 rings (SSSR count). The maximum Gasteiger partial charge on any atom is 0.336 e. The van der Waals surface area contributed by atoms with Gasteiger partial charge in [-0.3, -0.25) is 14.9 Å². The minimum atomic E-state index is -1.07. The molecule has 0 unspecified atom stereocenters. The number of hydrogen-bond acceptors (Lipinski definition) is 4. The number of carbonyl (C=O) groups is 3. The van der Waals surface area contributed by atoms with Crippen LogP contribution < -0.4 is 15.1 Å². The molecule has 1 saturated heterocycles. The first-order valence-corrected chi connectivity index (χ1v) is 9.94. The largest absolute Gasteiger partial charge is 0.365 e. The lowest BCUT2D eigenvalue weighted by molar-refractivity contribution is -0.122. The Balaban J connectivity index is 1.81. The van der Waals surface area contributed by atoms with Crippen LogP contribution in [-0.2, 0) is 9.59 Å². The smallest absolute Gasteiger partial charge is 0.336 e. The summed E-state index contributed by atoms with van der Waals surface area (Å²) in [5, 5.41) is 2.01. The number of imide groups is 2. The summed E-state index contributed by atoms with van der Waals surface area (Å²) < 4.78 is 29.2. The van der Waals surface area contributed by atoms with Crippen molar-refractivity contribution in [3.05, 3.63) is 70.8 Å². The van der Waals surface area contributed by atoms with Crippen molar-refractivity contribution in [1.29, 1.82) is 0 Å². The van der Waals surface area contributed by atoms with E-state index in [0.717, 1.165) is 23.3 Å². The van der Waals surface area contributed by atoms with E-state index in [4.69, 9.17) is 0 Å². The van der Waals surface area contributed by atoms with Crippen molar-refractivity contribution >= 4 is 40.9 Å². The zero-order valence-corrected chi connectivity index (χ0v) is 18.0. The molecule has 0 aliphatic carbocycles. The molecule has 1 N–H and O–H groups in total. The molecule has 32 heavy (non-hydrogen) atoms. The van der Waals surface area contributed by atoms with Gasteiger partial charge in [-0.1, -0.05) is 18.2 Å². The topological polar surface area (TPSA) is 69.7 Å². The number of para-hydroxylation sites is 1. The van der Waals surface area contributed by atoms with Gasteiger partial charge in [0, 0.05) is 23.9 Å². The molecule has 4 amide bonds. The molecule has 2 aliphatic heterocycles. The number of barbiturate groups is 1. The summed E-state index contributed by atoms with van der Waals surface area (Å²) in [7, 11) is 1.86. The van der Waals surface area contributed by atoms with Gasteiger partial charge in [0.15, 0.2) is 0 Å². The lowest BCUT2D eigenvalue weighted by Gasteiger charge is -2.40. The third-order valence-corrected chi connectivity index (χ3v) is 5.83. The van der Waals surface area contributed by atoms with Gasteiger partial charge < -0.3 is 4.90 Å². The van der Waals surface area contributed by atoms with Crippen LogP contribution in [0.25, 0.3) is 11.6 Å². The first-order chi connectivity index (χ1) is 15.0. The van der Waals surface area contributed by atoms with Crippen molar-refractivity contribution in [3.8, 4) is 0 Å². The van der Waals surface area contributed by atoms with E-state index in [1.807, 2.05) is 44.1 Å². The van der Waals surface area contributed by atoms with Gasteiger partial charge in [0.05, 0.1) is 11.2 Å². The van der Waals surface area contributed by atoms with Crippen LogP contribution in [0.3, 0.4) is 0 Å². The van der Waals surface area contributed by atoms with E-state index in [9.17, 15) is 18.8 Å². The van der Waals surface area contributed by atoms with E-state index >= 15 is 4.39 Å². The van der Waals surface area contributed by atoms with E-state index in [-0.39, 0.29) is 16.8 Å². The summed E-state index contributed by atoms with van der Waals surface area (Å²) >= 11 is 0. The van der Waals surface area contributed by atoms with E-state index in [1.165, 1.54) is 24.3 Å². The Bertz CT molecular complexity index is 1250. The second-order valence-electron chi connectivity index (χ2n) is 8.34. The Morgan fingerprint density at radius 1 is 1.00 bits per heavy atom. The molecule has 0 aromatic heterocycles. The molecule has 1 fully saturated rings. The third kappa shape index (κ3) is 3.37. The first kappa shape index (κ1) is 21.4. The van der Waals surface area contributed by atoms with Gasteiger partial charge in [-0.25, -0.2) is 18.5 Å². The number of benzene rings is 2. The van der Waals surface area contributed by atoms with Crippen molar-refractivity contribution in [3.63, 3.8) is 0 Å². The molecule has 2 aromatic rings. The maximum atomic E-state index is 15.0. The Labute approximate surface area is 183 Å². The Hall–Kier alpha value is -3.81. The molecule has 164 valence electrons. The Morgan fingerprint density at radius 3 is 2.38 bits per heavy atom. The van der Waals surface area contributed by atoms with Gasteiger partial charge in [0.1, 0.15) is 17.2 Å². The Morgan fingerprint density at radius 2 is 1.69 bits per heavy atom. The van der Waals surface area contributed by atoms with Gasteiger partial charge in [0.2, 0.25) is 0 Å². The predicted molar refractivity (Wildman–Crippen MR) is 118 cm³/mol. The summed E-state index contributed by atoms with van der Waals surface area (Å²) in [6.45, 7) is 5.92.